The molecular weight excluding hydrogens is 442 g/mol. The molecule has 172 valence electrons. The number of alkyl halides is 6. The number of allylic oxidation sites excluding steroid dienone is 2. The van der Waals surface area contributed by atoms with Crippen LogP contribution in [0.15, 0.2) is 60.3 Å². The Hall–Kier alpha value is -3.50. The SMILES string of the molecule is C/C=C(\N(C)C(=O)N(C=O)c1ccc(OCc2ccc(C(F)(F)F)cc2)cc1)C(F)(F)F. The van der Waals surface area contributed by atoms with Gasteiger partial charge in [0, 0.05) is 7.05 Å². The molecule has 0 heterocycles. The lowest BCUT2D eigenvalue weighted by molar-refractivity contribution is -0.137. The fourth-order valence-electron chi connectivity index (χ4n) is 2.69. The van der Waals surface area contributed by atoms with Crippen molar-refractivity contribution in [1.29, 1.82) is 0 Å². The van der Waals surface area contributed by atoms with E-state index in [9.17, 15) is 35.9 Å². The highest BCUT2D eigenvalue weighted by Crippen LogP contribution is 2.30. The van der Waals surface area contributed by atoms with Gasteiger partial charge in [0.25, 0.3) is 0 Å². The first-order valence-corrected chi connectivity index (χ1v) is 9.03. The van der Waals surface area contributed by atoms with Crippen LogP contribution in [-0.2, 0) is 17.6 Å². The third-order valence-electron chi connectivity index (χ3n) is 4.33. The molecule has 5 nitrogen and oxygen atoms in total. The average Bonchev–Trinajstić information content (AvgIpc) is 2.72. The van der Waals surface area contributed by atoms with Crippen molar-refractivity contribution in [3.05, 3.63) is 71.4 Å². The van der Waals surface area contributed by atoms with E-state index in [4.69, 9.17) is 4.74 Å². The second kappa shape index (κ2) is 9.75. The van der Waals surface area contributed by atoms with Crippen LogP contribution in [0.4, 0.5) is 36.8 Å². The summed E-state index contributed by atoms with van der Waals surface area (Å²) < 4.78 is 82.3. The summed E-state index contributed by atoms with van der Waals surface area (Å²) in [6.45, 7) is 1.06. The number of imide groups is 1. The molecule has 2 aromatic rings. The molecule has 0 atom stereocenters. The van der Waals surface area contributed by atoms with Gasteiger partial charge in [-0.25, -0.2) is 9.69 Å². The third kappa shape index (κ3) is 6.02. The molecule has 0 spiro atoms. The molecule has 0 N–H and O–H groups in total. The Morgan fingerprint density at radius 1 is 0.969 bits per heavy atom. The van der Waals surface area contributed by atoms with Crippen LogP contribution in [0.25, 0.3) is 0 Å². The zero-order chi connectivity index (χ0) is 24.1. The van der Waals surface area contributed by atoms with Crippen LogP contribution in [0.2, 0.25) is 0 Å². The number of halogens is 6. The summed E-state index contributed by atoms with van der Waals surface area (Å²) in [5, 5.41) is 0. The molecule has 0 aliphatic heterocycles. The zero-order valence-corrected chi connectivity index (χ0v) is 16.9. The zero-order valence-electron chi connectivity index (χ0n) is 16.9. The van der Waals surface area contributed by atoms with Crippen molar-refractivity contribution in [2.75, 3.05) is 11.9 Å². The predicted molar refractivity (Wildman–Crippen MR) is 104 cm³/mol. The first kappa shape index (κ1) is 24.8. The topological polar surface area (TPSA) is 49.9 Å². The van der Waals surface area contributed by atoms with E-state index in [-0.39, 0.29) is 24.5 Å². The van der Waals surface area contributed by atoms with E-state index >= 15 is 0 Å². The van der Waals surface area contributed by atoms with Crippen LogP contribution < -0.4 is 9.64 Å². The van der Waals surface area contributed by atoms with Crippen molar-refractivity contribution >= 4 is 18.1 Å². The second-order valence-electron chi connectivity index (χ2n) is 6.47. The largest absolute Gasteiger partial charge is 0.489 e. The Morgan fingerprint density at radius 3 is 1.97 bits per heavy atom. The van der Waals surface area contributed by atoms with E-state index < -0.39 is 29.6 Å². The van der Waals surface area contributed by atoms with Gasteiger partial charge in [-0.3, -0.25) is 9.69 Å². The molecule has 0 aromatic heterocycles. The van der Waals surface area contributed by atoms with Gasteiger partial charge in [0.15, 0.2) is 0 Å². The molecule has 0 bridgehead atoms. The molecule has 0 saturated carbocycles. The molecular formula is C21H18F6N2O3. The number of amides is 3. The van der Waals surface area contributed by atoms with Gasteiger partial charge in [-0.05, 0) is 48.9 Å². The maximum absolute atomic E-state index is 13.0. The lowest BCUT2D eigenvalue weighted by atomic mass is 10.1. The van der Waals surface area contributed by atoms with Gasteiger partial charge < -0.3 is 4.74 Å². The minimum absolute atomic E-state index is 0.00337. The molecule has 2 rings (SSSR count). The maximum Gasteiger partial charge on any atom is 0.431 e. The van der Waals surface area contributed by atoms with Crippen LogP contribution >= 0.6 is 0 Å². The van der Waals surface area contributed by atoms with E-state index in [1.54, 1.807) is 0 Å². The number of carbonyl (C=O) groups is 2. The number of nitrogens with zero attached hydrogens (tertiary/aromatic N) is 2. The van der Waals surface area contributed by atoms with Gasteiger partial charge >= 0.3 is 18.4 Å². The highest BCUT2D eigenvalue weighted by molar-refractivity contribution is 6.06. The van der Waals surface area contributed by atoms with Gasteiger partial charge in [-0.2, -0.15) is 26.3 Å². The number of anilines is 1. The summed E-state index contributed by atoms with van der Waals surface area (Å²) in [6.07, 6.45) is -8.44. The van der Waals surface area contributed by atoms with Crippen LogP contribution in [0.1, 0.15) is 18.1 Å². The molecule has 0 saturated heterocycles. The minimum atomic E-state index is -4.79. The van der Waals surface area contributed by atoms with Gasteiger partial charge in [-0.15, -0.1) is 0 Å². The van der Waals surface area contributed by atoms with Crippen molar-refractivity contribution in [3.63, 3.8) is 0 Å². The summed E-state index contributed by atoms with van der Waals surface area (Å²) in [5.41, 5.74) is -1.55. The number of hydrogen-bond acceptors (Lipinski definition) is 3. The van der Waals surface area contributed by atoms with E-state index in [0.29, 0.717) is 21.4 Å². The van der Waals surface area contributed by atoms with Crippen molar-refractivity contribution in [3.8, 4) is 5.75 Å². The second-order valence-corrected chi connectivity index (χ2v) is 6.47. The Bertz CT molecular complexity index is 967. The Balaban J connectivity index is 2.08. The van der Waals surface area contributed by atoms with Crippen molar-refractivity contribution in [2.24, 2.45) is 0 Å². The van der Waals surface area contributed by atoms with E-state index in [1.165, 1.54) is 36.4 Å². The van der Waals surface area contributed by atoms with Crippen LogP contribution in [-0.4, -0.2) is 30.6 Å². The molecule has 0 unspecified atom stereocenters. The van der Waals surface area contributed by atoms with E-state index in [2.05, 4.69) is 0 Å². The number of benzene rings is 2. The van der Waals surface area contributed by atoms with Gasteiger partial charge in [0.05, 0.1) is 11.3 Å². The highest BCUT2D eigenvalue weighted by atomic mass is 19.4. The lowest BCUT2D eigenvalue weighted by Crippen LogP contribution is -2.43. The molecule has 3 amide bonds. The highest BCUT2D eigenvalue weighted by Gasteiger charge is 2.39. The molecule has 11 heteroatoms. The Morgan fingerprint density at radius 2 is 1.53 bits per heavy atom. The average molecular weight is 460 g/mol. The Labute approximate surface area is 179 Å². The fraction of sp³-hybridized carbons (Fsp3) is 0.238. The summed E-state index contributed by atoms with van der Waals surface area (Å²) in [4.78, 5) is 24.6. The smallest absolute Gasteiger partial charge is 0.431 e. The van der Waals surface area contributed by atoms with Crippen molar-refractivity contribution in [1.82, 2.24) is 4.90 Å². The number of urea groups is 1. The van der Waals surface area contributed by atoms with Gasteiger partial charge in [0.2, 0.25) is 6.41 Å². The summed E-state index contributed by atoms with van der Waals surface area (Å²) >= 11 is 0. The number of rotatable bonds is 6. The quantitative estimate of drug-likeness (QED) is 0.407. The minimum Gasteiger partial charge on any atom is -0.489 e. The summed E-state index contributed by atoms with van der Waals surface area (Å²) in [5.74, 6) is 0.268. The van der Waals surface area contributed by atoms with Crippen molar-refractivity contribution < 1.29 is 40.7 Å². The third-order valence-corrected chi connectivity index (χ3v) is 4.33. The molecule has 0 radical (unpaired) electrons. The lowest BCUT2D eigenvalue weighted by Gasteiger charge is -2.26. The normalized spacial score (nSPS) is 12.3. The predicted octanol–water partition coefficient (Wildman–Crippen LogP) is 5.77. The first-order valence-electron chi connectivity index (χ1n) is 9.03. The Kier molecular flexibility index (Phi) is 7.55. The molecule has 32 heavy (non-hydrogen) atoms. The monoisotopic (exact) mass is 460 g/mol. The molecule has 2 aromatic carbocycles. The molecule has 0 aliphatic rings. The number of carbonyl (C=O) groups excluding carboxylic acids is 2. The summed E-state index contributed by atoms with van der Waals surface area (Å²) in [6, 6.07) is 8.45. The van der Waals surface area contributed by atoms with E-state index in [0.717, 1.165) is 26.1 Å². The van der Waals surface area contributed by atoms with Crippen LogP contribution in [0.5, 0.6) is 5.75 Å². The van der Waals surface area contributed by atoms with E-state index in [1.807, 2.05) is 0 Å². The summed E-state index contributed by atoms with van der Waals surface area (Å²) in [7, 11) is 0.892. The van der Waals surface area contributed by atoms with Crippen LogP contribution in [0, 0.1) is 0 Å². The van der Waals surface area contributed by atoms with Gasteiger partial charge in [-0.1, -0.05) is 18.2 Å². The maximum atomic E-state index is 13.0. The first-order chi connectivity index (χ1) is 14.9. The number of ether oxygens (including phenoxy) is 1. The van der Waals surface area contributed by atoms with Crippen LogP contribution in [0.3, 0.4) is 0 Å². The molecule has 0 aliphatic carbocycles. The van der Waals surface area contributed by atoms with Gasteiger partial charge in [0.1, 0.15) is 18.1 Å². The standard InChI is InChI=1S/C21H18F6N2O3/c1-3-18(21(25,26)27)28(2)19(31)29(13-30)16-8-10-17(11-9-16)32-12-14-4-6-15(7-5-14)20(22,23)24/h3-11,13H,12H2,1-2H3/b18-3-. The number of hydrogen-bond donors (Lipinski definition) is 0. The fourth-order valence-corrected chi connectivity index (χ4v) is 2.69. The molecule has 0 fully saturated rings. The van der Waals surface area contributed by atoms with Crippen molar-refractivity contribution in [2.45, 2.75) is 25.9 Å².